The Kier molecular flexibility index (Phi) is 4.34. The molecule has 1 unspecified atom stereocenters. The van der Waals surface area contributed by atoms with Crippen LogP contribution < -0.4 is 0 Å². The van der Waals surface area contributed by atoms with Crippen LogP contribution in [0.1, 0.15) is 12.5 Å². The Morgan fingerprint density at radius 3 is 2.31 bits per heavy atom. The molecule has 1 atom stereocenters. The Labute approximate surface area is 145 Å². The second kappa shape index (κ2) is 6.23. The number of rotatable bonds is 3. The zero-order chi connectivity index (χ0) is 19.1. The van der Waals surface area contributed by atoms with E-state index in [1.807, 2.05) is 0 Å². The summed E-state index contributed by atoms with van der Waals surface area (Å²) in [6.45, 7) is 0.883. The second-order valence-electron chi connectivity index (χ2n) is 5.71. The molecule has 3 rings (SSSR count). The summed E-state index contributed by atoms with van der Waals surface area (Å²) >= 11 is 0. The molecule has 2 nitrogen and oxygen atoms in total. The predicted octanol–water partition coefficient (Wildman–Crippen LogP) is 5.42. The fraction of sp³-hybridized carbons (Fsp3) is 0.211. The van der Waals surface area contributed by atoms with Crippen molar-refractivity contribution in [3.63, 3.8) is 0 Å². The molecule has 0 spiro atoms. The van der Waals surface area contributed by atoms with Crippen LogP contribution in [-0.2, 0) is 15.2 Å². The van der Waals surface area contributed by atoms with Gasteiger partial charge in [-0.2, -0.15) is 13.2 Å². The fourth-order valence-electron chi connectivity index (χ4n) is 2.97. The second-order valence-corrected chi connectivity index (χ2v) is 5.71. The number of carbonyl (C=O) groups excluding carboxylic acids is 1. The Balaban J connectivity index is 2.38. The minimum atomic E-state index is -5.52. The molecular formula is C19H13F5O2. The van der Waals surface area contributed by atoms with Crippen molar-refractivity contribution >= 4 is 27.5 Å². The van der Waals surface area contributed by atoms with Crippen molar-refractivity contribution in [1.82, 2.24) is 0 Å². The number of benzene rings is 3. The largest absolute Gasteiger partial charge is 0.463 e. The van der Waals surface area contributed by atoms with E-state index in [0.717, 1.165) is 12.1 Å². The van der Waals surface area contributed by atoms with E-state index in [-0.39, 0.29) is 10.8 Å². The Bertz CT molecular complexity index is 996. The number of hydrogen-bond donors (Lipinski definition) is 0. The maximum absolute atomic E-state index is 15.1. The maximum atomic E-state index is 15.1. The van der Waals surface area contributed by atoms with Crippen molar-refractivity contribution < 1.29 is 31.5 Å². The lowest BCUT2D eigenvalue weighted by Crippen LogP contribution is -2.46. The Morgan fingerprint density at radius 1 is 0.962 bits per heavy atom. The minimum Gasteiger partial charge on any atom is -0.463 e. The van der Waals surface area contributed by atoms with Gasteiger partial charge in [-0.3, -0.25) is 0 Å². The molecule has 3 aromatic rings. The lowest BCUT2D eigenvalue weighted by molar-refractivity contribution is -0.242. The number of esters is 1. The van der Waals surface area contributed by atoms with Crippen LogP contribution in [0.15, 0.2) is 48.5 Å². The van der Waals surface area contributed by atoms with Crippen LogP contribution in [0.4, 0.5) is 22.0 Å². The standard InChI is InChI=1S/C19H13F5O2/c1-2-26-17(25)18(21,19(22,23)24)16-5-3-4-13-14(16)9-7-11-6-8-12(20)10-15(11)13/h3-10H,2H2,1H3. The first kappa shape index (κ1) is 18.1. The number of alkyl halides is 4. The monoisotopic (exact) mass is 368 g/mol. The molecule has 0 amide bonds. The van der Waals surface area contributed by atoms with E-state index in [1.54, 1.807) is 0 Å². The van der Waals surface area contributed by atoms with Crippen molar-refractivity contribution in [2.24, 2.45) is 0 Å². The van der Waals surface area contributed by atoms with Crippen LogP contribution in [0.5, 0.6) is 0 Å². The highest BCUT2D eigenvalue weighted by Crippen LogP contribution is 2.46. The smallest absolute Gasteiger partial charge is 0.437 e. The van der Waals surface area contributed by atoms with Crippen LogP contribution in [0.3, 0.4) is 0 Å². The summed E-state index contributed by atoms with van der Waals surface area (Å²) in [6, 6.07) is 10.1. The molecule has 0 fully saturated rings. The molecule has 0 saturated heterocycles. The van der Waals surface area contributed by atoms with E-state index < -0.39 is 35.8 Å². The van der Waals surface area contributed by atoms with Gasteiger partial charge in [0.1, 0.15) is 5.82 Å². The van der Waals surface area contributed by atoms with Gasteiger partial charge in [0.2, 0.25) is 0 Å². The highest BCUT2D eigenvalue weighted by atomic mass is 19.4. The molecule has 0 heterocycles. The van der Waals surface area contributed by atoms with Crippen LogP contribution >= 0.6 is 0 Å². The summed E-state index contributed by atoms with van der Waals surface area (Å²) < 4.78 is 73.7. The van der Waals surface area contributed by atoms with Crippen LogP contribution in [-0.4, -0.2) is 18.8 Å². The number of ether oxygens (including phenoxy) is 1. The summed E-state index contributed by atoms with van der Waals surface area (Å²) in [5.41, 5.74) is -5.21. The molecule has 0 saturated carbocycles. The normalized spacial score (nSPS) is 14.4. The SMILES string of the molecule is CCOC(=O)C(F)(c1cccc2c1ccc1ccc(F)cc12)C(F)(F)F. The van der Waals surface area contributed by atoms with Gasteiger partial charge in [0.15, 0.2) is 0 Å². The van der Waals surface area contributed by atoms with Gasteiger partial charge in [-0.1, -0.05) is 36.4 Å². The maximum Gasteiger partial charge on any atom is 0.437 e. The molecule has 3 aromatic carbocycles. The van der Waals surface area contributed by atoms with Gasteiger partial charge >= 0.3 is 17.8 Å². The molecule has 0 N–H and O–H groups in total. The summed E-state index contributed by atoms with van der Waals surface area (Å²) in [7, 11) is 0. The summed E-state index contributed by atoms with van der Waals surface area (Å²) in [4.78, 5) is 11.9. The van der Waals surface area contributed by atoms with Crippen LogP contribution in [0.2, 0.25) is 0 Å². The highest BCUT2D eigenvalue weighted by molar-refractivity contribution is 6.09. The minimum absolute atomic E-state index is 0.140. The van der Waals surface area contributed by atoms with E-state index in [4.69, 9.17) is 0 Å². The van der Waals surface area contributed by atoms with Gasteiger partial charge in [0.05, 0.1) is 6.61 Å². The van der Waals surface area contributed by atoms with E-state index in [2.05, 4.69) is 4.74 Å². The topological polar surface area (TPSA) is 26.3 Å². The summed E-state index contributed by atoms with van der Waals surface area (Å²) in [5.74, 6) is -2.61. The van der Waals surface area contributed by atoms with Crippen LogP contribution in [0, 0.1) is 5.82 Å². The third kappa shape index (κ3) is 2.67. The molecule has 0 aliphatic heterocycles. The zero-order valence-corrected chi connectivity index (χ0v) is 13.5. The molecule has 0 radical (unpaired) electrons. The zero-order valence-electron chi connectivity index (χ0n) is 13.5. The van der Waals surface area contributed by atoms with E-state index in [1.165, 1.54) is 43.3 Å². The first-order valence-corrected chi connectivity index (χ1v) is 7.74. The first-order valence-electron chi connectivity index (χ1n) is 7.74. The average molecular weight is 368 g/mol. The third-order valence-corrected chi connectivity index (χ3v) is 4.16. The van der Waals surface area contributed by atoms with Gasteiger partial charge in [-0.25, -0.2) is 13.6 Å². The van der Waals surface area contributed by atoms with E-state index in [9.17, 15) is 22.4 Å². The molecular weight excluding hydrogens is 355 g/mol. The summed E-state index contributed by atoms with van der Waals surface area (Å²) in [5, 5.41) is 0.954. The fourth-order valence-corrected chi connectivity index (χ4v) is 2.97. The average Bonchev–Trinajstić information content (AvgIpc) is 2.59. The molecule has 0 aliphatic rings. The van der Waals surface area contributed by atoms with E-state index >= 15 is 4.39 Å². The lowest BCUT2D eigenvalue weighted by Gasteiger charge is -2.27. The highest BCUT2D eigenvalue weighted by Gasteiger charge is 2.64. The van der Waals surface area contributed by atoms with Gasteiger partial charge in [-0.15, -0.1) is 0 Å². The predicted molar refractivity (Wildman–Crippen MR) is 86.9 cm³/mol. The molecule has 0 bridgehead atoms. The molecule has 7 heteroatoms. The molecule has 26 heavy (non-hydrogen) atoms. The third-order valence-electron chi connectivity index (χ3n) is 4.16. The van der Waals surface area contributed by atoms with Gasteiger partial charge in [0, 0.05) is 5.56 Å². The van der Waals surface area contributed by atoms with Crippen LogP contribution in [0.25, 0.3) is 21.5 Å². The molecule has 136 valence electrons. The number of hydrogen-bond acceptors (Lipinski definition) is 2. The van der Waals surface area contributed by atoms with Gasteiger partial charge in [0.25, 0.3) is 0 Å². The van der Waals surface area contributed by atoms with Crippen molar-refractivity contribution in [2.45, 2.75) is 18.8 Å². The Morgan fingerprint density at radius 2 is 1.65 bits per heavy atom. The van der Waals surface area contributed by atoms with Crippen molar-refractivity contribution in [3.05, 3.63) is 59.9 Å². The summed E-state index contributed by atoms with van der Waals surface area (Å²) in [6.07, 6.45) is -5.52. The van der Waals surface area contributed by atoms with E-state index in [0.29, 0.717) is 10.8 Å². The Hall–Kier alpha value is -2.70. The van der Waals surface area contributed by atoms with Gasteiger partial charge in [-0.05, 0) is 40.6 Å². The van der Waals surface area contributed by atoms with Crippen molar-refractivity contribution in [3.8, 4) is 0 Å². The van der Waals surface area contributed by atoms with Crippen molar-refractivity contribution in [1.29, 1.82) is 0 Å². The molecule has 0 aromatic heterocycles. The van der Waals surface area contributed by atoms with Gasteiger partial charge < -0.3 is 4.74 Å². The quantitative estimate of drug-likeness (QED) is 0.350. The van der Waals surface area contributed by atoms with Crippen molar-refractivity contribution in [2.75, 3.05) is 6.61 Å². The number of halogens is 5. The first-order chi connectivity index (χ1) is 12.2. The number of fused-ring (bicyclic) bond motifs is 3. The molecule has 0 aliphatic carbocycles. The number of carbonyl (C=O) groups is 1. The lowest BCUT2D eigenvalue weighted by atomic mass is 9.88.